The summed E-state index contributed by atoms with van der Waals surface area (Å²) in [5, 5.41) is 9.86. The van der Waals surface area contributed by atoms with Gasteiger partial charge in [-0.3, -0.25) is 9.20 Å². The van der Waals surface area contributed by atoms with Gasteiger partial charge in [0.05, 0.1) is 27.9 Å². The maximum Gasteiger partial charge on any atom is 0.419 e. The van der Waals surface area contributed by atoms with Crippen molar-refractivity contribution in [2.75, 3.05) is 7.11 Å². The van der Waals surface area contributed by atoms with Gasteiger partial charge in [0.1, 0.15) is 5.82 Å². The molecule has 5 nitrogen and oxygen atoms in total. The first-order valence-electron chi connectivity index (χ1n) is 8.55. The van der Waals surface area contributed by atoms with Crippen LogP contribution in [-0.4, -0.2) is 21.6 Å². The number of imidazole rings is 1. The average molecular weight is 471 g/mol. The van der Waals surface area contributed by atoms with E-state index in [1.807, 2.05) is 0 Å². The smallest absolute Gasteiger partial charge is 0.419 e. The number of rotatable bonds is 3. The number of phenolic OH excluding ortho intramolecular Hbond substituents is 1. The number of fused-ring (bicyclic) bond motifs is 1. The van der Waals surface area contributed by atoms with Crippen molar-refractivity contribution in [2.45, 2.75) is 6.18 Å². The molecule has 0 amide bonds. The summed E-state index contributed by atoms with van der Waals surface area (Å²) in [6, 6.07) is 5.42. The Hall–Kier alpha value is -3.11. The average Bonchev–Trinajstić information content (AvgIpc) is 3.23. The van der Waals surface area contributed by atoms with E-state index in [0.717, 1.165) is 23.5 Å². The van der Waals surface area contributed by atoms with E-state index in [2.05, 4.69) is 4.98 Å². The summed E-state index contributed by atoms with van der Waals surface area (Å²) in [7, 11) is 1.36. The maximum atomic E-state index is 13.9. The molecule has 0 radical (unpaired) electrons. The fraction of sp³-hybridized carbons (Fsp3) is 0.100. The molecule has 2 aromatic heterocycles. The van der Waals surface area contributed by atoms with Gasteiger partial charge in [0, 0.05) is 11.8 Å². The van der Waals surface area contributed by atoms with Crippen LogP contribution in [0.5, 0.6) is 11.5 Å². The molecule has 0 saturated carbocycles. The van der Waals surface area contributed by atoms with Crippen LogP contribution >= 0.6 is 22.9 Å². The standard InChI is InChI=1S/C20H11ClF4N2O3S/c1-30-15-5-9(4-12(21)17(15)28)6-16-18(29)27-8-14(26-19(27)31-16)10-2-3-11(13(22)7-10)20(23,24)25/h2-8,28H,1H3. The Morgan fingerprint density at radius 2 is 2.00 bits per heavy atom. The van der Waals surface area contributed by atoms with Crippen molar-refractivity contribution >= 4 is 34.0 Å². The van der Waals surface area contributed by atoms with Crippen LogP contribution in [0.1, 0.15) is 11.1 Å². The normalized spacial score (nSPS) is 12.6. The monoisotopic (exact) mass is 470 g/mol. The van der Waals surface area contributed by atoms with Crippen molar-refractivity contribution in [3.8, 4) is 22.8 Å². The highest BCUT2D eigenvalue weighted by Crippen LogP contribution is 2.35. The summed E-state index contributed by atoms with van der Waals surface area (Å²) < 4.78 is 58.6. The third-order valence-corrected chi connectivity index (χ3v) is 5.71. The fourth-order valence-corrected chi connectivity index (χ4v) is 4.13. The zero-order valence-electron chi connectivity index (χ0n) is 15.5. The third kappa shape index (κ3) is 3.84. The van der Waals surface area contributed by atoms with Crippen molar-refractivity contribution < 1.29 is 27.4 Å². The molecule has 2 aromatic carbocycles. The van der Waals surface area contributed by atoms with Crippen LogP contribution in [0.15, 0.2) is 41.3 Å². The number of hydrogen-bond donors (Lipinski definition) is 1. The molecule has 11 heteroatoms. The largest absolute Gasteiger partial charge is 0.503 e. The molecule has 0 aliphatic carbocycles. The minimum absolute atomic E-state index is 0.0472. The maximum absolute atomic E-state index is 13.9. The van der Waals surface area contributed by atoms with Gasteiger partial charge >= 0.3 is 6.18 Å². The Bertz CT molecular complexity index is 1430. The molecular weight excluding hydrogens is 460 g/mol. The van der Waals surface area contributed by atoms with Crippen molar-refractivity contribution in [1.82, 2.24) is 9.38 Å². The molecule has 0 fully saturated rings. The molecule has 4 aromatic rings. The van der Waals surface area contributed by atoms with E-state index >= 15 is 0 Å². The second-order valence-corrected chi connectivity index (χ2v) is 7.86. The number of phenols is 1. The summed E-state index contributed by atoms with van der Waals surface area (Å²) in [5.74, 6) is -1.51. The van der Waals surface area contributed by atoms with Gasteiger partial charge < -0.3 is 9.84 Å². The van der Waals surface area contributed by atoms with E-state index in [9.17, 15) is 27.5 Å². The van der Waals surface area contributed by atoms with Crippen molar-refractivity contribution in [3.63, 3.8) is 0 Å². The zero-order valence-corrected chi connectivity index (χ0v) is 17.1. The molecule has 0 bridgehead atoms. The summed E-state index contributed by atoms with van der Waals surface area (Å²) in [6.45, 7) is 0. The topological polar surface area (TPSA) is 63.8 Å². The van der Waals surface area contributed by atoms with Crippen molar-refractivity contribution in [1.29, 1.82) is 0 Å². The van der Waals surface area contributed by atoms with Crippen LogP contribution in [0.2, 0.25) is 5.02 Å². The second kappa shape index (κ2) is 7.54. The van der Waals surface area contributed by atoms with Crippen LogP contribution < -0.4 is 14.8 Å². The van der Waals surface area contributed by atoms with Gasteiger partial charge in [-0.15, -0.1) is 0 Å². The summed E-state index contributed by atoms with van der Waals surface area (Å²) in [5.41, 5.74) is -1.01. The highest BCUT2D eigenvalue weighted by Gasteiger charge is 2.34. The first kappa shape index (κ1) is 21.1. The number of benzene rings is 2. The van der Waals surface area contributed by atoms with Gasteiger partial charge in [0.15, 0.2) is 16.5 Å². The Balaban J connectivity index is 1.76. The Morgan fingerprint density at radius 3 is 2.61 bits per heavy atom. The third-order valence-electron chi connectivity index (χ3n) is 4.44. The minimum Gasteiger partial charge on any atom is -0.503 e. The lowest BCUT2D eigenvalue weighted by molar-refractivity contribution is -0.139. The number of aromatic hydroxyl groups is 1. The van der Waals surface area contributed by atoms with E-state index in [0.29, 0.717) is 16.2 Å². The van der Waals surface area contributed by atoms with Gasteiger partial charge in [0.25, 0.3) is 5.56 Å². The van der Waals surface area contributed by atoms with Gasteiger partial charge in [-0.25, -0.2) is 9.37 Å². The quantitative estimate of drug-likeness (QED) is 0.448. The molecule has 0 atom stereocenters. The van der Waals surface area contributed by atoms with E-state index in [-0.39, 0.29) is 32.7 Å². The minimum atomic E-state index is -4.80. The van der Waals surface area contributed by atoms with E-state index in [4.69, 9.17) is 16.3 Å². The molecule has 0 spiro atoms. The number of hydrogen-bond acceptors (Lipinski definition) is 5. The number of nitrogens with zero attached hydrogens (tertiary/aromatic N) is 2. The molecule has 31 heavy (non-hydrogen) atoms. The highest BCUT2D eigenvalue weighted by atomic mass is 35.5. The van der Waals surface area contributed by atoms with E-state index in [1.165, 1.54) is 35.9 Å². The lowest BCUT2D eigenvalue weighted by atomic mass is 10.1. The number of aromatic nitrogens is 2. The number of ether oxygens (including phenoxy) is 1. The molecule has 4 rings (SSSR count). The number of thiazole rings is 1. The van der Waals surface area contributed by atoms with Crippen LogP contribution in [0.3, 0.4) is 0 Å². The molecule has 0 aliphatic rings. The van der Waals surface area contributed by atoms with Gasteiger partial charge in [-0.05, 0) is 35.9 Å². The van der Waals surface area contributed by atoms with Crippen molar-refractivity contribution in [2.24, 2.45) is 0 Å². The van der Waals surface area contributed by atoms with Crippen LogP contribution in [-0.2, 0) is 6.18 Å². The summed E-state index contributed by atoms with van der Waals surface area (Å²) >= 11 is 6.99. The Kier molecular flexibility index (Phi) is 5.14. The van der Waals surface area contributed by atoms with Crippen molar-refractivity contribution in [3.05, 3.63) is 73.4 Å². The lowest BCUT2D eigenvalue weighted by Crippen LogP contribution is -2.22. The highest BCUT2D eigenvalue weighted by molar-refractivity contribution is 7.15. The van der Waals surface area contributed by atoms with Gasteiger partial charge in [-0.2, -0.15) is 13.2 Å². The van der Waals surface area contributed by atoms with Crippen LogP contribution in [0.4, 0.5) is 17.6 Å². The summed E-state index contributed by atoms with van der Waals surface area (Å²) in [4.78, 5) is 17.2. The van der Waals surface area contributed by atoms with E-state index < -0.39 is 23.1 Å². The molecule has 2 heterocycles. The van der Waals surface area contributed by atoms with Gasteiger partial charge in [0.2, 0.25) is 0 Å². The molecular formula is C20H11ClF4N2O3S. The Morgan fingerprint density at radius 1 is 1.26 bits per heavy atom. The predicted molar refractivity (Wildman–Crippen MR) is 108 cm³/mol. The van der Waals surface area contributed by atoms with Gasteiger partial charge in [-0.1, -0.05) is 29.0 Å². The number of halogens is 5. The second-order valence-electron chi connectivity index (χ2n) is 6.44. The first-order chi connectivity index (χ1) is 14.6. The number of methoxy groups -OCH3 is 1. The molecule has 1 N–H and O–H groups in total. The number of alkyl halides is 3. The van der Waals surface area contributed by atoms with E-state index in [1.54, 1.807) is 0 Å². The molecule has 0 aliphatic heterocycles. The molecule has 160 valence electrons. The zero-order chi connectivity index (χ0) is 22.5. The van der Waals surface area contributed by atoms with Crippen LogP contribution in [0, 0.1) is 5.82 Å². The molecule has 0 saturated heterocycles. The molecule has 0 unspecified atom stereocenters. The fourth-order valence-electron chi connectivity index (χ4n) is 2.96. The lowest BCUT2D eigenvalue weighted by Gasteiger charge is -2.08. The Labute approximate surface area is 180 Å². The SMILES string of the molecule is COc1cc(C=c2sc3nc(-c4ccc(C(F)(F)F)c(F)c4)cn3c2=O)cc(Cl)c1O. The van der Waals surface area contributed by atoms with Crippen LogP contribution in [0.25, 0.3) is 22.3 Å². The first-order valence-corrected chi connectivity index (χ1v) is 9.75. The predicted octanol–water partition coefficient (Wildman–Crippen LogP) is 4.50. The summed E-state index contributed by atoms with van der Waals surface area (Å²) in [6.07, 6.45) is -1.94.